The fourth-order valence-corrected chi connectivity index (χ4v) is 2.03. The van der Waals surface area contributed by atoms with Crippen LogP contribution in [0.25, 0.3) is 0 Å². The Morgan fingerprint density at radius 2 is 2.10 bits per heavy atom. The molecule has 1 aromatic carbocycles. The summed E-state index contributed by atoms with van der Waals surface area (Å²) in [5.41, 5.74) is 2.10. The van der Waals surface area contributed by atoms with Crippen LogP contribution in [-0.4, -0.2) is 16.0 Å². The number of phenolic OH excluding ortho intramolecular Hbond substituents is 1. The van der Waals surface area contributed by atoms with Gasteiger partial charge >= 0.3 is 0 Å². The van der Waals surface area contributed by atoms with Gasteiger partial charge in [0, 0.05) is 6.92 Å². The molecule has 0 saturated carbocycles. The number of hydrogen-bond acceptors (Lipinski definition) is 4. The van der Waals surface area contributed by atoms with Gasteiger partial charge in [0.15, 0.2) is 0 Å². The number of rotatable bonds is 4. The topological polar surface area (TPSA) is 74.2 Å². The molecule has 0 aliphatic carbocycles. The minimum atomic E-state index is -0.167. The van der Waals surface area contributed by atoms with Crippen molar-refractivity contribution in [1.29, 1.82) is 0 Å². The first kappa shape index (κ1) is 15.1. The molecule has 1 heterocycles. The molecule has 5 nitrogen and oxygen atoms in total. The number of hydrogen-bond donors (Lipinski definition) is 3. The summed E-state index contributed by atoms with van der Waals surface area (Å²) >= 11 is 5.72. The van der Waals surface area contributed by atoms with Gasteiger partial charge in [0.1, 0.15) is 10.9 Å². The van der Waals surface area contributed by atoms with Gasteiger partial charge in [-0.3, -0.25) is 4.79 Å². The zero-order chi connectivity index (χ0) is 15.4. The summed E-state index contributed by atoms with van der Waals surface area (Å²) in [6.45, 7) is 3.31. The van der Waals surface area contributed by atoms with Gasteiger partial charge < -0.3 is 15.7 Å². The van der Waals surface area contributed by atoms with Crippen molar-refractivity contribution >= 4 is 28.9 Å². The lowest BCUT2D eigenvalue weighted by Crippen LogP contribution is -2.23. The minimum absolute atomic E-state index is 0.0969. The zero-order valence-corrected chi connectivity index (χ0v) is 12.5. The molecule has 0 spiro atoms. The maximum atomic E-state index is 11.0. The van der Waals surface area contributed by atoms with E-state index in [1.165, 1.54) is 6.92 Å². The maximum Gasteiger partial charge on any atom is 0.217 e. The lowest BCUT2D eigenvalue weighted by Gasteiger charge is -2.15. The Morgan fingerprint density at radius 3 is 2.67 bits per heavy atom. The zero-order valence-electron chi connectivity index (χ0n) is 11.7. The molecule has 1 amide bonds. The molecular formula is C15H16ClN3O2. The highest BCUT2D eigenvalue weighted by Crippen LogP contribution is 2.29. The number of aromatic nitrogens is 1. The molecule has 1 unspecified atom stereocenters. The second-order valence-electron chi connectivity index (χ2n) is 4.69. The van der Waals surface area contributed by atoms with Crippen LogP contribution in [0.3, 0.4) is 0 Å². The summed E-state index contributed by atoms with van der Waals surface area (Å²) in [4.78, 5) is 15.0. The predicted molar refractivity (Wildman–Crippen MR) is 82.9 cm³/mol. The molecule has 2 rings (SSSR count). The Bertz CT molecular complexity index is 644. The number of aromatic hydroxyl groups is 1. The average Bonchev–Trinajstić information content (AvgIpc) is 2.42. The van der Waals surface area contributed by atoms with Crippen LogP contribution in [0.15, 0.2) is 36.5 Å². The normalized spacial score (nSPS) is 11.8. The largest absolute Gasteiger partial charge is 0.506 e. The molecular weight excluding hydrogens is 290 g/mol. The average molecular weight is 306 g/mol. The third kappa shape index (κ3) is 4.10. The summed E-state index contributed by atoms with van der Waals surface area (Å²) < 4.78 is 0. The van der Waals surface area contributed by atoms with Gasteiger partial charge in [0.05, 0.1) is 23.6 Å². The number of carbonyl (C=O) groups is 1. The lowest BCUT2D eigenvalue weighted by molar-refractivity contribution is -0.119. The molecule has 0 aliphatic rings. The van der Waals surface area contributed by atoms with Crippen molar-refractivity contribution in [3.63, 3.8) is 0 Å². The first-order valence-electron chi connectivity index (χ1n) is 6.44. The van der Waals surface area contributed by atoms with Crippen LogP contribution in [0.4, 0.5) is 11.4 Å². The number of pyridine rings is 1. The molecule has 0 bridgehead atoms. The minimum Gasteiger partial charge on any atom is -0.506 e. The number of nitrogens with one attached hydrogen (secondary N) is 2. The van der Waals surface area contributed by atoms with E-state index in [0.29, 0.717) is 10.8 Å². The third-order valence-corrected chi connectivity index (χ3v) is 3.17. The van der Waals surface area contributed by atoms with Gasteiger partial charge in [-0.25, -0.2) is 4.98 Å². The third-order valence-electron chi connectivity index (χ3n) is 2.95. The molecule has 2 aromatic rings. The van der Waals surface area contributed by atoms with Gasteiger partial charge in [-0.15, -0.1) is 0 Å². The first-order chi connectivity index (χ1) is 9.95. The standard InChI is InChI=1S/C15H16ClN3O2/c1-9(18-10(2)20)11-3-5-13(14(21)7-11)19-12-4-6-15(16)17-8-12/h3-9,19,21H,1-2H3,(H,18,20). The second-order valence-corrected chi connectivity index (χ2v) is 5.08. The van der Waals surface area contributed by atoms with Gasteiger partial charge in [0.25, 0.3) is 0 Å². The first-order valence-corrected chi connectivity index (χ1v) is 6.82. The smallest absolute Gasteiger partial charge is 0.217 e. The monoisotopic (exact) mass is 305 g/mol. The fraction of sp³-hybridized carbons (Fsp3) is 0.200. The van der Waals surface area contributed by atoms with Gasteiger partial charge in [-0.05, 0) is 36.8 Å². The Balaban J connectivity index is 2.15. The number of carbonyl (C=O) groups excluding carboxylic acids is 1. The van der Waals surface area contributed by atoms with Crippen molar-refractivity contribution in [2.24, 2.45) is 0 Å². The van der Waals surface area contributed by atoms with E-state index in [2.05, 4.69) is 15.6 Å². The highest BCUT2D eigenvalue weighted by molar-refractivity contribution is 6.29. The van der Waals surface area contributed by atoms with E-state index >= 15 is 0 Å². The van der Waals surface area contributed by atoms with Crippen molar-refractivity contribution < 1.29 is 9.90 Å². The number of phenols is 1. The van der Waals surface area contributed by atoms with Crippen molar-refractivity contribution in [2.75, 3.05) is 5.32 Å². The van der Waals surface area contributed by atoms with E-state index < -0.39 is 0 Å². The molecule has 21 heavy (non-hydrogen) atoms. The van der Waals surface area contributed by atoms with Crippen molar-refractivity contribution in [1.82, 2.24) is 10.3 Å². The van der Waals surface area contributed by atoms with Crippen LogP contribution in [0, 0.1) is 0 Å². The molecule has 110 valence electrons. The van der Waals surface area contributed by atoms with E-state index in [0.717, 1.165) is 11.3 Å². The van der Waals surface area contributed by atoms with Crippen LogP contribution in [-0.2, 0) is 4.79 Å². The molecule has 6 heteroatoms. The summed E-state index contributed by atoms with van der Waals surface area (Å²) in [6.07, 6.45) is 1.58. The molecule has 0 aliphatic heterocycles. The second kappa shape index (κ2) is 6.45. The predicted octanol–water partition coefficient (Wildman–Crippen LogP) is 3.38. The molecule has 0 saturated heterocycles. The molecule has 0 radical (unpaired) electrons. The van der Waals surface area contributed by atoms with E-state index in [1.54, 1.807) is 30.5 Å². The molecule has 0 fully saturated rings. The molecule has 3 N–H and O–H groups in total. The summed E-state index contributed by atoms with van der Waals surface area (Å²) in [5.74, 6) is -0.0175. The Labute approximate surface area is 128 Å². The van der Waals surface area contributed by atoms with E-state index in [-0.39, 0.29) is 17.7 Å². The number of anilines is 2. The summed E-state index contributed by atoms with van der Waals surface area (Å²) in [5, 5.41) is 16.3. The van der Waals surface area contributed by atoms with Gasteiger partial charge in [0.2, 0.25) is 5.91 Å². The van der Waals surface area contributed by atoms with Crippen molar-refractivity contribution in [3.8, 4) is 5.75 Å². The van der Waals surface area contributed by atoms with Crippen LogP contribution < -0.4 is 10.6 Å². The van der Waals surface area contributed by atoms with Crippen LogP contribution in [0.5, 0.6) is 5.75 Å². The Hall–Kier alpha value is -2.27. The van der Waals surface area contributed by atoms with Crippen LogP contribution in [0.2, 0.25) is 5.15 Å². The van der Waals surface area contributed by atoms with E-state index in [1.807, 2.05) is 13.0 Å². The van der Waals surface area contributed by atoms with Gasteiger partial charge in [-0.1, -0.05) is 17.7 Å². The fourth-order valence-electron chi connectivity index (χ4n) is 1.92. The van der Waals surface area contributed by atoms with E-state index in [4.69, 9.17) is 11.6 Å². The molecule has 1 aromatic heterocycles. The van der Waals surface area contributed by atoms with Crippen LogP contribution in [0.1, 0.15) is 25.5 Å². The SMILES string of the molecule is CC(=O)NC(C)c1ccc(Nc2ccc(Cl)nc2)c(O)c1. The van der Waals surface area contributed by atoms with Crippen LogP contribution >= 0.6 is 11.6 Å². The van der Waals surface area contributed by atoms with E-state index in [9.17, 15) is 9.90 Å². The number of nitrogens with zero attached hydrogens (tertiary/aromatic N) is 1. The quantitative estimate of drug-likeness (QED) is 0.598. The number of amides is 1. The maximum absolute atomic E-state index is 11.0. The number of benzene rings is 1. The summed E-state index contributed by atoms with van der Waals surface area (Å²) in [6, 6.07) is 8.46. The van der Waals surface area contributed by atoms with Crippen molar-refractivity contribution in [2.45, 2.75) is 19.9 Å². The Kier molecular flexibility index (Phi) is 4.65. The Morgan fingerprint density at radius 1 is 1.33 bits per heavy atom. The van der Waals surface area contributed by atoms with Crippen molar-refractivity contribution in [3.05, 3.63) is 47.2 Å². The molecule has 1 atom stereocenters. The summed E-state index contributed by atoms with van der Waals surface area (Å²) in [7, 11) is 0. The highest BCUT2D eigenvalue weighted by atomic mass is 35.5. The van der Waals surface area contributed by atoms with Gasteiger partial charge in [-0.2, -0.15) is 0 Å². The number of halogens is 1. The lowest BCUT2D eigenvalue weighted by atomic mass is 10.1. The highest BCUT2D eigenvalue weighted by Gasteiger charge is 2.10.